The number of carboxylic acid groups (broad SMARTS) is 1. The number of hydrogen-bond acceptors (Lipinski definition) is 3. The number of benzene rings is 2. The first-order valence-corrected chi connectivity index (χ1v) is 7.99. The summed E-state index contributed by atoms with van der Waals surface area (Å²) in [5.41, 5.74) is -0.790. The van der Waals surface area contributed by atoms with Gasteiger partial charge in [0.15, 0.2) is 0 Å². The number of carbonyl (C=O) groups is 1. The highest BCUT2D eigenvalue weighted by molar-refractivity contribution is 9.10. The molecule has 0 fully saturated rings. The fourth-order valence-corrected chi connectivity index (χ4v) is 3.12. The zero-order valence-corrected chi connectivity index (χ0v) is 13.1. The van der Waals surface area contributed by atoms with Gasteiger partial charge in [-0.3, -0.25) is 4.72 Å². The molecule has 0 atom stereocenters. The smallest absolute Gasteiger partial charge is 0.335 e. The minimum atomic E-state index is -4.48. The molecule has 2 N–H and O–H groups in total. The molecule has 0 aliphatic rings. The second kappa shape index (κ2) is 6.01. The Morgan fingerprint density at radius 2 is 1.77 bits per heavy atom. The Morgan fingerprint density at radius 3 is 2.36 bits per heavy atom. The van der Waals surface area contributed by atoms with Gasteiger partial charge < -0.3 is 5.11 Å². The first-order chi connectivity index (χ1) is 10.2. The molecule has 0 radical (unpaired) electrons. The monoisotopic (exact) mass is 391 g/mol. The molecule has 0 heterocycles. The maximum atomic E-state index is 13.7. The zero-order chi connectivity index (χ0) is 16.5. The van der Waals surface area contributed by atoms with E-state index in [0.717, 1.165) is 24.3 Å². The highest BCUT2D eigenvalue weighted by Crippen LogP contribution is 2.24. The highest BCUT2D eigenvalue weighted by atomic mass is 79.9. The van der Waals surface area contributed by atoms with Crippen LogP contribution < -0.4 is 4.72 Å². The van der Waals surface area contributed by atoms with Crippen LogP contribution in [0.15, 0.2) is 45.8 Å². The van der Waals surface area contributed by atoms with Crippen LogP contribution in [-0.4, -0.2) is 19.5 Å². The summed E-state index contributed by atoms with van der Waals surface area (Å²) in [6.07, 6.45) is 0. The maximum Gasteiger partial charge on any atom is 0.335 e. The fraction of sp³-hybridized carbons (Fsp3) is 0. The highest BCUT2D eigenvalue weighted by Gasteiger charge is 2.22. The molecule has 2 rings (SSSR count). The van der Waals surface area contributed by atoms with Crippen LogP contribution in [0.4, 0.5) is 14.5 Å². The zero-order valence-electron chi connectivity index (χ0n) is 10.7. The number of nitrogens with one attached hydrogen (secondary N) is 1. The Hall–Kier alpha value is -2.00. The van der Waals surface area contributed by atoms with Gasteiger partial charge in [-0.25, -0.2) is 22.0 Å². The van der Waals surface area contributed by atoms with E-state index < -0.39 is 38.1 Å². The van der Waals surface area contributed by atoms with Gasteiger partial charge in [-0.1, -0.05) is 15.9 Å². The van der Waals surface area contributed by atoms with Gasteiger partial charge in [-0.2, -0.15) is 0 Å². The predicted octanol–water partition coefficient (Wildman–Crippen LogP) is 3.23. The van der Waals surface area contributed by atoms with Crippen molar-refractivity contribution in [3.05, 3.63) is 58.1 Å². The molecule has 2 aromatic carbocycles. The Labute approximate surface area is 132 Å². The summed E-state index contributed by atoms with van der Waals surface area (Å²) in [5, 5.41) is 8.83. The van der Waals surface area contributed by atoms with Gasteiger partial charge in [0.25, 0.3) is 10.0 Å². The second-order valence-corrected chi connectivity index (χ2v) is 6.75. The number of rotatable bonds is 4. The van der Waals surface area contributed by atoms with Crippen molar-refractivity contribution in [2.75, 3.05) is 4.72 Å². The summed E-state index contributed by atoms with van der Waals surface area (Å²) < 4.78 is 53.8. The third-order valence-corrected chi connectivity index (χ3v) is 4.52. The Bertz CT molecular complexity index is 855. The van der Waals surface area contributed by atoms with Gasteiger partial charge in [-0.15, -0.1) is 0 Å². The molecule has 0 bridgehead atoms. The molecule has 0 unspecified atom stereocenters. The summed E-state index contributed by atoms with van der Waals surface area (Å²) >= 11 is 3.02. The van der Waals surface area contributed by atoms with Crippen LogP contribution in [0.1, 0.15) is 10.4 Å². The Balaban J connectivity index is 2.46. The summed E-state index contributed by atoms with van der Waals surface area (Å²) in [5.74, 6) is -3.42. The third kappa shape index (κ3) is 3.42. The van der Waals surface area contributed by atoms with Gasteiger partial charge in [-0.05, 0) is 36.4 Å². The lowest BCUT2D eigenvalue weighted by Gasteiger charge is -2.10. The standard InChI is InChI=1S/C13H8BrF2NO4S/c14-8-2-4-11(10(16)6-8)17-22(20,21)12-5-7(13(18)19)1-3-9(12)15/h1-6,17H,(H,18,19). The first kappa shape index (κ1) is 16.4. The number of halogens is 3. The van der Waals surface area contributed by atoms with Crippen molar-refractivity contribution in [2.45, 2.75) is 4.90 Å². The number of carboxylic acids is 1. The van der Waals surface area contributed by atoms with Crippen molar-refractivity contribution in [2.24, 2.45) is 0 Å². The van der Waals surface area contributed by atoms with Crippen LogP contribution in [0, 0.1) is 11.6 Å². The molecule has 0 saturated heterocycles. The molecule has 9 heteroatoms. The molecular formula is C13H8BrF2NO4S. The van der Waals surface area contributed by atoms with E-state index in [1.54, 1.807) is 0 Å². The molecule has 0 amide bonds. The largest absolute Gasteiger partial charge is 0.478 e. The van der Waals surface area contributed by atoms with Crippen LogP contribution in [0.3, 0.4) is 0 Å². The van der Waals surface area contributed by atoms with Crippen LogP contribution in [0.5, 0.6) is 0 Å². The van der Waals surface area contributed by atoms with Gasteiger partial charge in [0.1, 0.15) is 16.5 Å². The number of sulfonamides is 1. The average Bonchev–Trinajstić information content (AvgIpc) is 2.42. The quantitative estimate of drug-likeness (QED) is 0.837. The lowest BCUT2D eigenvalue weighted by atomic mass is 10.2. The van der Waals surface area contributed by atoms with E-state index in [4.69, 9.17) is 5.11 Å². The van der Waals surface area contributed by atoms with Crippen molar-refractivity contribution in [1.82, 2.24) is 0 Å². The minimum Gasteiger partial charge on any atom is -0.478 e. The topological polar surface area (TPSA) is 83.5 Å². The van der Waals surface area contributed by atoms with E-state index in [2.05, 4.69) is 15.9 Å². The van der Waals surface area contributed by atoms with E-state index >= 15 is 0 Å². The van der Waals surface area contributed by atoms with E-state index in [-0.39, 0.29) is 5.69 Å². The molecule has 0 spiro atoms. The summed E-state index contributed by atoms with van der Waals surface area (Å²) in [6.45, 7) is 0. The molecule has 5 nitrogen and oxygen atoms in total. The normalized spacial score (nSPS) is 11.2. The average molecular weight is 392 g/mol. The van der Waals surface area contributed by atoms with Gasteiger partial charge in [0, 0.05) is 4.47 Å². The van der Waals surface area contributed by atoms with E-state index in [1.165, 1.54) is 6.07 Å². The van der Waals surface area contributed by atoms with E-state index in [1.807, 2.05) is 4.72 Å². The maximum absolute atomic E-state index is 13.7. The fourth-order valence-electron chi connectivity index (χ4n) is 1.61. The van der Waals surface area contributed by atoms with Crippen molar-refractivity contribution in [1.29, 1.82) is 0 Å². The molecule has 0 saturated carbocycles. The van der Waals surface area contributed by atoms with Crippen LogP contribution in [0.25, 0.3) is 0 Å². The first-order valence-electron chi connectivity index (χ1n) is 5.71. The van der Waals surface area contributed by atoms with Crippen molar-refractivity contribution in [3.63, 3.8) is 0 Å². The van der Waals surface area contributed by atoms with Crippen LogP contribution in [0.2, 0.25) is 0 Å². The molecule has 2 aromatic rings. The Morgan fingerprint density at radius 1 is 1.09 bits per heavy atom. The molecule has 0 aromatic heterocycles. The van der Waals surface area contributed by atoms with Crippen molar-refractivity contribution < 1.29 is 27.1 Å². The van der Waals surface area contributed by atoms with Crippen LogP contribution in [-0.2, 0) is 10.0 Å². The molecule has 22 heavy (non-hydrogen) atoms. The molecular weight excluding hydrogens is 384 g/mol. The summed E-state index contributed by atoms with van der Waals surface area (Å²) in [6, 6.07) is 5.88. The molecule has 0 aliphatic carbocycles. The van der Waals surface area contributed by atoms with Gasteiger partial charge in [0.05, 0.1) is 11.3 Å². The lowest BCUT2D eigenvalue weighted by molar-refractivity contribution is 0.0696. The number of hydrogen-bond donors (Lipinski definition) is 2. The second-order valence-electron chi connectivity index (χ2n) is 4.18. The van der Waals surface area contributed by atoms with E-state index in [9.17, 15) is 22.0 Å². The van der Waals surface area contributed by atoms with Crippen molar-refractivity contribution in [3.8, 4) is 0 Å². The van der Waals surface area contributed by atoms with E-state index in [0.29, 0.717) is 10.5 Å². The Kier molecular flexibility index (Phi) is 4.47. The third-order valence-electron chi connectivity index (χ3n) is 2.64. The van der Waals surface area contributed by atoms with Gasteiger partial charge in [0.2, 0.25) is 0 Å². The summed E-state index contributed by atoms with van der Waals surface area (Å²) in [7, 11) is -4.48. The predicted molar refractivity (Wildman–Crippen MR) is 78.3 cm³/mol. The van der Waals surface area contributed by atoms with Crippen LogP contribution >= 0.6 is 15.9 Å². The number of aromatic carboxylic acids is 1. The number of anilines is 1. The minimum absolute atomic E-state index is 0.386. The molecule has 0 aliphatic heterocycles. The lowest BCUT2D eigenvalue weighted by Crippen LogP contribution is -2.16. The summed E-state index contributed by atoms with van der Waals surface area (Å²) in [4.78, 5) is 9.96. The molecule has 116 valence electrons. The van der Waals surface area contributed by atoms with Gasteiger partial charge >= 0.3 is 5.97 Å². The SMILES string of the molecule is O=C(O)c1ccc(F)c(S(=O)(=O)Nc2ccc(Br)cc2F)c1. The van der Waals surface area contributed by atoms with Crippen molar-refractivity contribution >= 4 is 37.6 Å².